The highest BCUT2D eigenvalue weighted by atomic mass is 35.5. The van der Waals surface area contributed by atoms with Gasteiger partial charge in [-0.25, -0.2) is 18.3 Å². The molecular formula is C7H7ClN4O5S4. The predicted molar refractivity (Wildman–Crippen MR) is 80.6 cm³/mol. The molecule has 116 valence electrons. The number of aromatic nitrogens is 1. The number of hydrogen-bond acceptors (Lipinski definition) is 8. The third-order valence-electron chi connectivity index (χ3n) is 1.99. The number of halogens is 1. The van der Waals surface area contributed by atoms with Crippen molar-refractivity contribution >= 4 is 66.2 Å². The van der Waals surface area contributed by atoms with Gasteiger partial charge in [0.1, 0.15) is 4.34 Å². The zero-order valence-corrected chi connectivity index (χ0v) is 13.8. The van der Waals surface area contributed by atoms with Crippen LogP contribution in [0.3, 0.4) is 0 Å². The third-order valence-corrected chi connectivity index (χ3v) is 6.37. The summed E-state index contributed by atoms with van der Waals surface area (Å²) in [5.41, 5.74) is 0.135. The number of anilines is 2. The van der Waals surface area contributed by atoms with Crippen LogP contribution in [0, 0.1) is 0 Å². The van der Waals surface area contributed by atoms with Crippen LogP contribution in [0.15, 0.2) is 15.7 Å². The summed E-state index contributed by atoms with van der Waals surface area (Å²) in [6, 6.07) is 1.43. The lowest BCUT2D eigenvalue weighted by molar-refractivity contribution is 0.465. The first-order valence-electron chi connectivity index (χ1n) is 4.85. The fourth-order valence-corrected chi connectivity index (χ4v) is 4.49. The molecule has 2 heterocycles. The number of nitrogens with zero attached hydrogens (tertiary/aromatic N) is 1. The molecule has 0 aliphatic carbocycles. The largest absolute Gasteiger partial charge is 0.503 e. The lowest BCUT2D eigenvalue weighted by Crippen LogP contribution is -2.21. The molecule has 0 radical (unpaired) electrons. The number of aromatic hydroxyl groups is 1. The van der Waals surface area contributed by atoms with Gasteiger partial charge in [0.25, 0.3) is 10.0 Å². The van der Waals surface area contributed by atoms with E-state index in [9.17, 15) is 21.9 Å². The number of thiophene rings is 1. The monoisotopic (exact) mass is 390 g/mol. The van der Waals surface area contributed by atoms with E-state index in [1.807, 2.05) is 4.72 Å². The highest BCUT2D eigenvalue weighted by Crippen LogP contribution is 2.34. The van der Waals surface area contributed by atoms with Crippen molar-refractivity contribution in [2.45, 2.75) is 4.21 Å². The number of hydrogen-bond donors (Lipinski definition) is 4. The summed E-state index contributed by atoms with van der Waals surface area (Å²) in [5.74, 6) is -1.42. The van der Waals surface area contributed by atoms with Gasteiger partial charge in [0.2, 0.25) is 0 Å². The Bertz CT molecular complexity index is 871. The molecule has 0 unspecified atom stereocenters. The van der Waals surface area contributed by atoms with Gasteiger partial charge < -0.3 is 5.11 Å². The number of nitrogens with one attached hydrogen (secondary N) is 2. The van der Waals surface area contributed by atoms with Crippen molar-refractivity contribution in [3.05, 3.63) is 15.8 Å². The van der Waals surface area contributed by atoms with E-state index in [0.29, 0.717) is 11.5 Å². The predicted octanol–water partition coefficient (Wildman–Crippen LogP) is 0.980. The molecule has 14 heteroatoms. The quantitative estimate of drug-likeness (QED) is 0.597. The average Bonchev–Trinajstić information content (AvgIpc) is 2.86. The van der Waals surface area contributed by atoms with E-state index in [1.165, 1.54) is 6.07 Å². The standard InChI is InChI=1S/C7H7ClN4O5S4/c8-5-3(1-2-18-5)11-21(16,17)12-6-4(13)7(19-10-6)20(9,14)15/h1-2,11,13H,(H,10,12)(H2,9,14,15). The maximum absolute atomic E-state index is 11.8. The topological polar surface area (TPSA) is 151 Å². The van der Waals surface area contributed by atoms with Crippen LogP contribution in [0.1, 0.15) is 0 Å². The smallest absolute Gasteiger partial charge is 0.322 e. The average molecular weight is 391 g/mol. The van der Waals surface area contributed by atoms with Gasteiger partial charge in [-0.15, -0.1) is 11.3 Å². The Hall–Kier alpha value is -1.12. The van der Waals surface area contributed by atoms with Gasteiger partial charge >= 0.3 is 10.2 Å². The second-order valence-electron chi connectivity index (χ2n) is 3.53. The molecule has 0 bridgehead atoms. The van der Waals surface area contributed by atoms with E-state index in [4.69, 9.17) is 16.7 Å². The Morgan fingerprint density at radius 3 is 2.43 bits per heavy atom. The van der Waals surface area contributed by atoms with Crippen LogP contribution in [0.25, 0.3) is 0 Å². The summed E-state index contributed by atoms with van der Waals surface area (Å²) >= 11 is 7.21. The van der Waals surface area contributed by atoms with Gasteiger partial charge in [0.15, 0.2) is 15.8 Å². The van der Waals surface area contributed by atoms with Crippen molar-refractivity contribution in [2.75, 3.05) is 9.44 Å². The number of sulfonamides is 1. The molecule has 0 atom stereocenters. The summed E-state index contributed by atoms with van der Waals surface area (Å²) in [7, 11) is -8.36. The second kappa shape index (κ2) is 5.58. The molecule has 2 aromatic rings. The Morgan fingerprint density at radius 2 is 1.95 bits per heavy atom. The van der Waals surface area contributed by atoms with Crippen molar-refractivity contribution in [3.63, 3.8) is 0 Å². The lowest BCUT2D eigenvalue weighted by Gasteiger charge is -2.07. The molecule has 2 aromatic heterocycles. The van der Waals surface area contributed by atoms with E-state index in [2.05, 4.69) is 9.10 Å². The molecular weight excluding hydrogens is 384 g/mol. The maximum atomic E-state index is 11.8. The molecule has 9 nitrogen and oxygen atoms in total. The summed E-state index contributed by atoms with van der Waals surface area (Å²) < 4.78 is 52.9. The van der Waals surface area contributed by atoms with E-state index < -0.39 is 36.0 Å². The zero-order valence-electron chi connectivity index (χ0n) is 9.77. The first-order valence-corrected chi connectivity index (χ1v) is 9.91. The molecule has 0 aliphatic rings. The van der Waals surface area contributed by atoms with Crippen LogP contribution in [-0.4, -0.2) is 26.3 Å². The van der Waals surface area contributed by atoms with Gasteiger partial charge in [-0.2, -0.15) is 12.8 Å². The first kappa shape index (κ1) is 16.3. The van der Waals surface area contributed by atoms with Crippen LogP contribution in [0.2, 0.25) is 4.34 Å². The summed E-state index contributed by atoms with van der Waals surface area (Å²) in [6.07, 6.45) is 0. The minimum Gasteiger partial charge on any atom is -0.503 e. The van der Waals surface area contributed by atoms with Crippen LogP contribution in [-0.2, 0) is 20.2 Å². The zero-order chi connectivity index (χ0) is 15.8. The maximum Gasteiger partial charge on any atom is 0.322 e. The van der Waals surface area contributed by atoms with Crippen molar-refractivity contribution in [3.8, 4) is 5.75 Å². The molecule has 0 fully saturated rings. The van der Waals surface area contributed by atoms with Crippen LogP contribution >= 0.6 is 34.5 Å². The van der Waals surface area contributed by atoms with Crippen LogP contribution in [0.5, 0.6) is 5.75 Å². The molecule has 2 rings (SSSR count). The third kappa shape index (κ3) is 3.75. The fourth-order valence-electron chi connectivity index (χ4n) is 1.19. The molecule has 0 amide bonds. The van der Waals surface area contributed by atoms with Gasteiger partial charge in [0, 0.05) is 0 Å². The molecule has 5 N–H and O–H groups in total. The second-order valence-corrected chi connectivity index (χ2v) is 8.99. The van der Waals surface area contributed by atoms with Crippen LogP contribution in [0.4, 0.5) is 11.5 Å². The first-order chi connectivity index (χ1) is 9.60. The lowest BCUT2D eigenvalue weighted by atomic mass is 10.6. The molecule has 0 spiro atoms. The normalized spacial score (nSPS) is 12.3. The Kier molecular flexibility index (Phi) is 4.32. The van der Waals surface area contributed by atoms with Gasteiger partial charge in [-0.05, 0) is 23.0 Å². The Labute approximate surface area is 132 Å². The minimum absolute atomic E-state index is 0.135. The highest BCUT2D eigenvalue weighted by molar-refractivity contribution is 7.94. The van der Waals surface area contributed by atoms with E-state index in [0.717, 1.165) is 11.3 Å². The number of primary sulfonamides is 1. The molecule has 0 aliphatic heterocycles. The van der Waals surface area contributed by atoms with Crippen molar-refractivity contribution in [1.29, 1.82) is 0 Å². The number of nitrogens with two attached hydrogens (primary N) is 1. The summed E-state index contributed by atoms with van der Waals surface area (Å²) in [4.78, 5) is 0. The molecule has 21 heavy (non-hydrogen) atoms. The Balaban J connectivity index is 2.26. The van der Waals surface area contributed by atoms with Gasteiger partial charge in [-0.1, -0.05) is 11.6 Å². The van der Waals surface area contributed by atoms with Gasteiger partial charge in [-0.3, -0.25) is 4.72 Å². The summed E-state index contributed by atoms with van der Waals surface area (Å²) in [6.45, 7) is 0. The molecule has 0 saturated carbocycles. The van der Waals surface area contributed by atoms with E-state index in [1.54, 1.807) is 5.38 Å². The number of rotatable bonds is 5. The highest BCUT2D eigenvalue weighted by Gasteiger charge is 2.24. The SMILES string of the molecule is NS(=O)(=O)c1snc(NS(=O)(=O)Nc2ccsc2Cl)c1O. The van der Waals surface area contributed by atoms with Crippen molar-refractivity contribution in [1.82, 2.24) is 4.37 Å². The molecule has 0 saturated heterocycles. The van der Waals surface area contributed by atoms with Gasteiger partial charge in [0.05, 0.1) is 5.69 Å². The minimum atomic E-state index is -4.19. The molecule has 0 aromatic carbocycles. The summed E-state index contributed by atoms with van der Waals surface area (Å²) in [5, 5.41) is 16.0. The van der Waals surface area contributed by atoms with E-state index in [-0.39, 0.29) is 10.0 Å². The van der Waals surface area contributed by atoms with Crippen LogP contribution < -0.4 is 14.6 Å². The Morgan fingerprint density at radius 1 is 1.29 bits per heavy atom. The fraction of sp³-hybridized carbons (Fsp3) is 0. The van der Waals surface area contributed by atoms with Crippen molar-refractivity contribution in [2.24, 2.45) is 5.14 Å². The van der Waals surface area contributed by atoms with Crippen molar-refractivity contribution < 1.29 is 21.9 Å². The van der Waals surface area contributed by atoms with E-state index >= 15 is 0 Å².